The Balaban J connectivity index is 2.25. The highest BCUT2D eigenvalue weighted by Crippen LogP contribution is 2.24. The number of hydrogen-bond acceptors (Lipinski definition) is 1. The molecule has 2 nitrogen and oxygen atoms in total. The third-order valence-electron chi connectivity index (χ3n) is 2.30. The van der Waals surface area contributed by atoms with Crippen molar-refractivity contribution >= 4 is 5.91 Å². The van der Waals surface area contributed by atoms with Gasteiger partial charge in [-0.25, -0.2) is 0 Å². The van der Waals surface area contributed by atoms with Gasteiger partial charge in [0.25, 0.3) is 0 Å². The fourth-order valence-electron chi connectivity index (χ4n) is 1.71. The van der Waals surface area contributed by atoms with Crippen molar-refractivity contribution in [2.24, 2.45) is 11.7 Å². The number of rotatable bonds is 2. The number of primary amides is 1. The second-order valence-electron chi connectivity index (χ2n) is 3.32. The Morgan fingerprint density at radius 1 is 1.18 bits per heavy atom. The van der Waals surface area contributed by atoms with Crippen LogP contribution in [-0.2, 0) is 4.79 Å². The van der Waals surface area contributed by atoms with Crippen molar-refractivity contribution < 1.29 is 4.79 Å². The van der Waals surface area contributed by atoms with Crippen LogP contribution in [0.4, 0.5) is 0 Å². The second-order valence-corrected chi connectivity index (χ2v) is 3.32. The monoisotopic (exact) mass is 154 g/mol. The summed E-state index contributed by atoms with van der Waals surface area (Å²) in [7, 11) is 0. The van der Waals surface area contributed by atoms with Crippen LogP contribution in [0.5, 0.6) is 0 Å². The molecule has 0 unspecified atom stereocenters. The van der Waals surface area contributed by atoms with E-state index in [-0.39, 0.29) is 5.91 Å². The summed E-state index contributed by atoms with van der Waals surface area (Å²) in [5.74, 6) is 0.215. The molecule has 1 aliphatic rings. The average molecular weight is 154 g/mol. The smallest absolute Gasteiger partial charge is 0.221 e. The van der Waals surface area contributed by atoms with Crippen LogP contribution in [0.25, 0.3) is 0 Å². The molecule has 2 heteroatoms. The van der Waals surface area contributed by atoms with Gasteiger partial charge in [-0.3, -0.25) is 4.79 Å². The molecular formula is C9H16NO. The highest BCUT2D eigenvalue weighted by molar-refractivity contribution is 5.83. The van der Waals surface area contributed by atoms with Crippen molar-refractivity contribution in [3.05, 3.63) is 6.42 Å². The zero-order chi connectivity index (χ0) is 8.10. The van der Waals surface area contributed by atoms with Gasteiger partial charge in [-0.2, -0.15) is 0 Å². The third-order valence-corrected chi connectivity index (χ3v) is 2.30. The molecule has 1 amide bonds. The van der Waals surface area contributed by atoms with E-state index >= 15 is 0 Å². The van der Waals surface area contributed by atoms with Gasteiger partial charge >= 0.3 is 0 Å². The lowest BCUT2D eigenvalue weighted by molar-refractivity contribution is -0.115. The molecule has 0 aromatic carbocycles. The fourth-order valence-corrected chi connectivity index (χ4v) is 1.71. The van der Waals surface area contributed by atoms with E-state index in [2.05, 4.69) is 0 Å². The molecule has 11 heavy (non-hydrogen) atoms. The highest BCUT2D eigenvalue weighted by Gasteiger charge is 2.14. The van der Waals surface area contributed by atoms with E-state index < -0.39 is 0 Å². The van der Waals surface area contributed by atoms with Crippen molar-refractivity contribution in [2.45, 2.75) is 38.5 Å². The van der Waals surface area contributed by atoms with Crippen LogP contribution < -0.4 is 5.73 Å². The van der Waals surface area contributed by atoms with Crippen LogP contribution in [0.2, 0.25) is 0 Å². The van der Waals surface area contributed by atoms with Crippen LogP contribution in [0.1, 0.15) is 38.5 Å². The zero-order valence-electron chi connectivity index (χ0n) is 6.88. The fraction of sp³-hybridized carbons (Fsp3) is 0.778. The van der Waals surface area contributed by atoms with Gasteiger partial charge in [0, 0.05) is 0 Å². The lowest BCUT2D eigenvalue weighted by Crippen LogP contribution is -2.16. The van der Waals surface area contributed by atoms with E-state index in [1.807, 2.05) is 0 Å². The molecule has 1 saturated carbocycles. The lowest BCUT2D eigenvalue weighted by atomic mass is 9.96. The highest BCUT2D eigenvalue weighted by atomic mass is 16.1. The molecule has 0 heterocycles. The first-order valence-corrected chi connectivity index (χ1v) is 4.43. The summed E-state index contributed by atoms with van der Waals surface area (Å²) in [5, 5.41) is 0. The molecule has 2 N–H and O–H groups in total. The first-order chi connectivity index (χ1) is 5.29. The molecule has 1 rings (SSSR count). The van der Waals surface area contributed by atoms with E-state index in [0.717, 1.165) is 12.8 Å². The van der Waals surface area contributed by atoms with Gasteiger partial charge in [-0.05, 0) is 18.8 Å². The van der Waals surface area contributed by atoms with Gasteiger partial charge in [-0.15, -0.1) is 0 Å². The quantitative estimate of drug-likeness (QED) is 0.604. The number of amides is 1. The maximum absolute atomic E-state index is 10.5. The molecule has 0 aromatic heterocycles. The summed E-state index contributed by atoms with van der Waals surface area (Å²) in [6.45, 7) is 0. The normalized spacial score (nSPS) is 21.1. The lowest BCUT2D eigenvalue weighted by Gasteiger charge is -2.09. The standard InChI is InChI=1S/C9H16NO/c10-9(11)7-8-5-3-1-2-4-6-8/h7-8H,1-6H2,(H2,10,11). The number of carbonyl (C=O) groups excluding carboxylic acids is 1. The average Bonchev–Trinajstić information content (AvgIpc) is 2.14. The molecule has 0 aromatic rings. The summed E-state index contributed by atoms with van der Waals surface area (Å²) < 4.78 is 0. The Morgan fingerprint density at radius 2 is 1.73 bits per heavy atom. The van der Waals surface area contributed by atoms with Crippen molar-refractivity contribution in [1.82, 2.24) is 0 Å². The van der Waals surface area contributed by atoms with Crippen molar-refractivity contribution in [2.75, 3.05) is 0 Å². The van der Waals surface area contributed by atoms with E-state index in [9.17, 15) is 4.79 Å². The van der Waals surface area contributed by atoms with Gasteiger partial charge in [0.15, 0.2) is 0 Å². The summed E-state index contributed by atoms with van der Waals surface area (Å²) >= 11 is 0. The Morgan fingerprint density at radius 3 is 2.18 bits per heavy atom. The van der Waals surface area contributed by atoms with E-state index in [1.165, 1.54) is 25.7 Å². The minimum absolute atomic E-state index is 0.253. The largest absolute Gasteiger partial charge is 0.369 e. The molecule has 0 aliphatic heterocycles. The van der Waals surface area contributed by atoms with Gasteiger partial charge in [0.1, 0.15) is 0 Å². The van der Waals surface area contributed by atoms with Gasteiger partial charge in [-0.1, -0.05) is 25.7 Å². The van der Waals surface area contributed by atoms with E-state index in [4.69, 9.17) is 5.73 Å². The third kappa shape index (κ3) is 3.40. The molecule has 0 bridgehead atoms. The van der Waals surface area contributed by atoms with Crippen molar-refractivity contribution in [3.8, 4) is 0 Å². The van der Waals surface area contributed by atoms with Crippen LogP contribution in [0.15, 0.2) is 0 Å². The van der Waals surface area contributed by atoms with Crippen LogP contribution in [0, 0.1) is 12.3 Å². The number of carbonyl (C=O) groups is 1. The van der Waals surface area contributed by atoms with E-state index in [1.54, 1.807) is 6.42 Å². The molecule has 0 saturated heterocycles. The van der Waals surface area contributed by atoms with Crippen LogP contribution >= 0.6 is 0 Å². The summed E-state index contributed by atoms with van der Waals surface area (Å²) in [6, 6.07) is 0. The number of hydrogen-bond donors (Lipinski definition) is 1. The van der Waals surface area contributed by atoms with Gasteiger partial charge in [0.2, 0.25) is 5.91 Å². The second kappa shape index (κ2) is 4.37. The van der Waals surface area contributed by atoms with Crippen molar-refractivity contribution in [3.63, 3.8) is 0 Å². The molecule has 63 valence electrons. The van der Waals surface area contributed by atoms with Crippen molar-refractivity contribution in [1.29, 1.82) is 0 Å². The maximum Gasteiger partial charge on any atom is 0.221 e. The molecule has 1 radical (unpaired) electrons. The minimum atomic E-state index is -0.253. The summed E-state index contributed by atoms with van der Waals surface area (Å²) in [4.78, 5) is 10.5. The van der Waals surface area contributed by atoms with Gasteiger partial charge in [0.05, 0.1) is 6.42 Å². The molecule has 0 atom stereocenters. The Bertz CT molecular complexity index is 126. The SMILES string of the molecule is NC(=O)[CH]C1CCCCCC1. The maximum atomic E-state index is 10.5. The van der Waals surface area contributed by atoms with Crippen LogP contribution in [-0.4, -0.2) is 5.91 Å². The van der Waals surface area contributed by atoms with Crippen LogP contribution in [0.3, 0.4) is 0 Å². The predicted octanol–water partition coefficient (Wildman–Crippen LogP) is 1.65. The Hall–Kier alpha value is -0.530. The summed E-state index contributed by atoms with van der Waals surface area (Å²) in [5.41, 5.74) is 5.08. The first-order valence-electron chi connectivity index (χ1n) is 4.43. The first kappa shape index (κ1) is 8.57. The minimum Gasteiger partial charge on any atom is -0.369 e. The van der Waals surface area contributed by atoms with Gasteiger partial charge < -0.3 is 5.73 Å². The molecule has 0 spiro atoms. The predicted molar refractivity (Wildman–Crippen MR) is 44.7 cm³/mol. The summed E-state index contributed by atoms with van der Waals surface area (Å²) in [6.07, 6.45) is 9.16. The molecule has 1 aliphatic carbocycles. The molecule has 1 fully saturated rings. The topological polar surface area (TPSA) is 43.1 Å². The molecular weight excluding hydrogens is 138 g/mol. The Kier molecular flexibility index (Phi) is 3.40. The number of nitrogens with two attached hydrogens (primary N) is 1. The Labute approximate surface area is 68.2 Å². The zero-order valence-corrected chi connectivity index (χ0v) is 6.88. The van der Waals surface area contributed by atoms with E-state index in [0.29, 0.717) is 5.92 Å².